The van der Waals surface area contributed by atoms with Gasteiger partial charge in [0.1, 0.15) is 5.82 Å². The maximum Gasteiger partial charge on any atom is 0.426 e. The fraction of sp³-hybridized carbons (Fsp3) is 0.200. The van der Waals surface area contributed by atoms with Crippen LogP contribution in [0.4, 0.5) is 19.0 Å². The molecule has 2 rings (SSSR count). The second kappa shape index (κ2) is 6.45. The first kappa shape index (κ1) is 18.9. The molecule has 0 spiro atoms. The zero-order valence-corrected chi connectivity index (χ0v) is 13.6. The van der Waals surface area contributed by atoms with E-state index in [9.17, 15) is 31.5 Å². The van der Waals surface area contributed by atoms with Gasteiger partial charge in [0.2, 0.25) is 15.4 Å². The van der Waals surface area contributed by atoms with Crippen molar-refractivity contribution in [2.75, 3.05) is 5.32 Å². The van der Waals surface area contributed by atoms with E-state index in [0.29, 0.717) is 6.92 Å². The largest absolute Gasteiger partial charge is 0.426 e. The van der Waals surface area contributed by atoms with Gasteiger partial charge >= 0.3 is 6.18 Å². The number of nitrogens with zero attached hydrogens (tertiary/aromatic N) is 1. The zero-order valence-electron chi connectivity index (χ0n) is 12.8. The van der Waals surface area contributed by atoms with Crippen LogP contribution >= 0.6 is 0 Å². The molecule has 1 aromatic carbocycles. The maximum absolute atomic E-state index is 12.6. The van der Waals surface area contributed by atoms with Gasteiger partial charge in [0.15, 0.2) is 0 Å². The molecule has 0 aliphatic carbocycles. The predicted octanol–water partition coefficient (Wildman–Crippen LogP) is 2.17. The van der Waals surface area contributed by atoms with Gasteiger partial charge in [-0.15, -0.1) is 0 Å². The van der Waals surface area contributed by atoms with Crippen molar-refractivity contribution in [3.05, 3.63) is 48.7 Å². The Hall–Kier alpha value is -2.46. The average molecular weight is 374 g/mol. The molecule has 134 valence electrons. The molecule has 1 unspecified atom stereocenters. The number of pyridine rings is 1. The minimum absolute atomic E-state index is 0.0218. The number of hydrogen-bond donors (Lipinski definition) is 2. The molecule has 0 aliphatic rings. The Balaban J connectivity index is 2.23. The molecule has 1 amide bonds. The topological polar surface area (TPSA) is 96.4 Å². The lowest BCUT2D eigenvalue weighted by molar-refractivity contribution is -0.242. The summed E-state index contributed by atoms with van der Waals surface area (Å²) >= 11 is 0. The van der Waals surface area contributed by atoms with Gasteiger partial charge in [0.25, 0.3) is 5.91 Å². The normalized spacial score (nSPS) is 14.6. The highest BCUT2D eigenvalue weighted by atomic mass is 32.2. The summed E-state index contributed by atoms with van der Waals surface area (Å²) in [6.45, 7) is 0.302. The molecule has 25 heavy (non-hydrogen) atoms. The summed E-state index contributed by atoms with van der Waals surface area (Å²) in [6, 6.07) is 9.59. The molecule has 0 fully saturated rings. The van der Waals surface area contributed by atoms with Gasteiger partial charge in [-0.1, -0.05) is 18.2 Å². The van der Waals surface area contributed by atoms with E-state index in [4.69, 9.17) is 0 Å². The molecule has 0 saturated heterocycles. The lowest BCUT2D eigenvalue weighted by Crippen LogP contribution is -2.52. The molecule has 1 atom stereocenters. The molecule has 0 radical (unpaired) electrons. The summed E-state index contributed by atoms with van der Waals surface area (Å²) in [7, 11) is -3.84. The predicted molar refractivity (Wildman–Crippen MR) is 81.4 cm³/mol. The third kappa shape index (κ3) is 3.80. The van der Waals surface area contributed by atoms with Crippen molar-refractivity contribution in [3.63, 3.8) is 0 Å². The van der Waals surface area contributed by atoms with Crippen LogP contribution in [0, 0.1) is 0 Å². The highest BCUT2D eigenvalue weighted by molar-refractivity contribution is 7.91. The summed E-state index contributed by atoms with van der Waals surface area (Å²) in [5.74, 6) is -2.06. The average Bonchev–Trinajstić information content (AvgIpc) is 2.55. The van der Waals surface area contributed by atoms with Crippen molar-refractivity contribution >= 4 is 21.6 Å². The van der Waals surface area contributed by atoms with Crippen LogP contribution in [0.5, 0.6) is 0 Å². The minimum Gasteiger partial charge on any atom is -0.373 e. The number of carbonyl (C=O) groups excluding carboxylic acids is 1. The second-order valence-corrected chi connectivity index (χ2v) is 7.17. The van der Waals surface area contributed by atoms with E-state index in [1.54, 1.807) is 11.4 Å². The van der Waals surface area contributed by atoms with Crippen LogP contribution in [0.15, 0.2) is 58.5 Å². The van der Waals surface area contributed by atoms with Gasteiger partial charge in [0.05, 0.1) is 9.79 Å². The van der Waals surface area contributed by atoms with Gasteiger partial charge in [-0.3, -0.25) is 4.79 Å². The minimum atomic E-state index is -5.17. The lowest BCUT2D eigenvalue weighted by Gasteiger charge is -2.24. The van der Waals surface area contributed by atoms with Gasteiger partial charge in [-0.25, -0.2) is 13.4 Å². The molecule has 1 aromatic heterocycles. The third-order valence-electron chi connectivity index (χ3n) is 3.34. The van der Waals surface area contributed by atoms with Gasteiger partial charge < -0.3 is 10.4 Å². The number of amides is 1. The van der Waals surface area contributed by atoms with Crippen LogP contribution in [0.1, 0.15) is 6.92 Å². The number of sulfone groups is 1. The SMILES string of the molecule is CC(O)(C(=O)Nc1ccc(S(=O)(=O)c2ccccc2)cn1)C(F)(F)F. The Bertz CT molecular complexity index is 864. The van der Waals surface area contributed by atoms with E-state index in [-0.39, 0.29) is 15.6 Å². The Morgan fingerprint density at radius 1 is 1.08 bits per heavy atom. The highest BCUT2D eigenvalue weighted by Gasteiger charge is 2.55. The quantitative estimate of drug-likeness (QED) is 0.855. The number of aromatic nitrogens is 1. The Kier molecular flexibility index (Phi) is 4.87. The van der Waals surface area contributed by atoms with Gasteiger partial charge in [-0.2, -0.15) is 13.2 Å². The van der Waals surface area contributed by atoms with Crippen LogP contribution in [0.2, 0.25) is 0 Å². The molecule has 2 N–H and O–H groups in total. The smallest absolute Gasteiger partial charge is 0.373 e. The summed E-state index contributed by atoms with van der Waals surface area (Å²) < 4.78 is 62.4. The number of nitrogens with one attached hydrogen (secondary N) is 1. The van der Waals surface area contributed by atoms with Crippen LogP contribution in [0.3, 0.4) is 0 Å². The second-order valence-electron chi connectivity index (χ2n) is 5.22. The first-order valence-corrected chi connectivity index (χ1v) is 8.31. The Morgan fingerprint density at radius 2 is 1.68 bits per heavy atom. The van der Waals surface area contributed by atoms with Crippen LogP contribution in [0.25, 0.3) is 0 Å². The summed E-state index contributed by atoms with van der Waals surface area (Å²) in [4.78, 5) is 15.0. The van der Waals surface area contributed by atoms with Crippen molar-refractivity contribution in [2.45, 2.75) is 28.5 Å². The van der Waals surface area contributed by atoms with E-state index in [2.05, 4.69) is 4.98 Å². The van der Waals surface area contributed by atoms with E-state index >= 15 is 0 Å². The number of benzene rings is 1. The van der Waals surface area contributed by atoms with E-state index < -0.39 is 27.5 Å². The van der Waals surface area contributed by atoms with Crippen molar-refractivity contribution in [1.29, 1.82) is 0 Å². The summed E-state index contributed by atoms with van der Waals surface area (Å²) in [6.07, 6.45) is -4.27. The van der Waals surface area contributed by atoms with Crippen LogP contribution in [-0.2, 0) is 14.6 Å². The zero-order chi connectivity index (χ0) is 18.9. The monoisotopic (exact) mass is 374 g/mol. The van der Waals surface area contributed by atoms with E-state index in [0.717, 1.165) is 18.3 Å². The molecule has 10 heteroatoms. The number of aliphatic hydroxyl groups is 1. The third-order valence-corrected chi connectivity index (χ3v) is 5.09. The Labute approximate surface area is 141 Å². The van der Waals surface area contributed by atoms with Crippen molar-refractivity contribution in [3.8, 4) is 0 Å². The van der Waals surface area contributed by atoms with Crippen molar-refractivity contribution in [1.82, 2.24) is 4.98 Å². The fourth-order valence-electron chi connectivity index (χ4n) is 1.72. The van der Waals surface area contributed by atoms with Gasteiger partial charge in [-0.05, 0) is 31.2 Å². The van der Waals surface area contributed by atoms with E-state index in [1.807, 2.05) is 0 Å². The molecule has 2 aromatic rings. The number of anilines is 1. The van der Waals surface area contributed by atoms with E-state index in [1.165, 1.54) is 24.3 Å². The first-order valence-electron chi connectivity index (χ1n) is 6.83. The summed E-state index contributed by atoms with van der Waals surface area (Å²) in [5, 5.41) is 11.0. The van der Waals surface area contributed by atoms with Crippen molar-refractivity contribution < 1.29 is 31.5 Å². The van der Waals surface area contributed by atoms with Crippen LogP contribution in [-0.4, -0.2) is 36.2 Å². The lowest BCUT2D eigenvalue weighted by atomic mass is 10.1. The summed E-state index contributed by atoms with van der Waals surface area (Å²) in [5.41, 5.74) is -3.61. The number of rotatable bonds is 4. The molecule has 0 bridgehead atoms. The molecule has 0 saturated carbocycles. The molecular formula is C15H13F3N2O4S. The molecular weight excluding hydrogens is 361 g/mol. The fourth-order valence-corrected chi connectivity index (χ4v) is 2.94. The number of carbonyl (C=O) groups is 1. The standard InChI is InChI=1S/C15H13F3N2O4S/c1-14(22,15(16,17)18)13(21)20-12-8-7-11(9-19-12)25(23,24)10-5-3-2-4-6-10/h2-9,22H,1H3,(H,19,20,21). The molecule has 6 nitrogen and oxygen atoms in total. The first-order chi connectivity index (χ1) is 11.5. The molecule has 1 heterocycles. The number of halogens is 3. The highest BCUT2D eigenvalue weighted by Crippen LogP contribution is 2.31. The Morgan fingerprint density at radius 3 is 2.16 bits per heavy atom. The maximum atomic E-state index is 12.6. The van der Waals surface area contributed by atoms with Gasteiger partial charge in [0, 0.05) is 6.20 Å². The number of alkyl halides is 3. The number of hydrogen-bond acceptors (Lipinski definition) is 5. The van der Waals surface area contributed by atoms with Crippen LogP contribution < -0.4 is 5.32 Å². The molecule has 0 aliphatic heterocycles. The van der Waals surface area contributed by atoms with Crippen molar-refractivity contribution in [2.24, 2.45) is 0 Å².